The van der Waals surface area contributed by atoms with E-state index in [-0.39, 0.29) is 17.6 Å². The number of carbonyl (C=O) groups is 1. The first kappa shape index (κ1) is 14.7. The van der Waals surface area contributed by atoms with Crippen LogP contribution in [-0.4, -0.2) is 39.5 Å². The van der Waals surface area contributed by atoms with Crippen LogP contribution in [0.15, 0.2) is 10.9 Å². The van der Waals surface area contributed by atoms with Gasteiger partial charge in [0, 0.05) is 37.8 Å². The smallest absolute Gasteiger partial charge is 0.410 e. The molecule has 0 spiro atoms. The second kappa shape index (κ2) is 5.34. The molecule has 1 fully saturated rings. The number of ether oxygens (including phenoxy) is 1. The van der Waals surface area contributed by atoms with E-state index in [0.717, 1.165) is 18.5 Å². The molecular weight excluding hydrogens is 258 g/mol. The van der Waals surface area contributed by atoms with E-state index in [1.54, 1.807) is 18.0 Å². The molecule has 0 bridgehead atoms. The summed E-state index contributed by atoms with van der Waals surface area (Å²) >= 11 is 0. The fourth-order valence-electron chi connectivity index (χ4n) is 2.44. The Hall–Kier alpha value is -1.72. The minimum absolute atomic E-state index is 0.0469. The zero-order chi connectivity index (χ0) is 14.9. The summed E-state index contributed by atoms with van der Waals surface area (Å²) in [5.41, 5.74) is 0.366. The first-order chi connectivity index (χ1) is 9.26. The van der Waals surface area contributed by atoms with Gasteiger partial charge in [-0.2, -0.15) is 0 Å². The van der Waals surface area contributed by atoms with Crippen molar-refractivity contribution in [1.29, 1.82) is 0 Å². The Morgan fingerprint density at radius 3 is 2.70 bits per heavy atom. The summed E-state index contributed by atoms with van der Waals surface area (Å²) in [4.78, 5) is 25.3. The largest absolute Gasteiger partial charge is 0.444 e. The van der Waals surface area contributed by atoms with Gasteiger partial charge in [0.25, 0.3) is 5.56 Å². The summed E-state index contributed by atoms with van der Waals surface area (Å²) in [6, 6.07) is 1.61. The van der Waals surface area contributed by atoms with E-state index < -0.39 is 5.60 Å². The Morgan fingerprint density at radius 2 is 2.15 bits per heavy atom. The van der Waals surface area contributed by atoms with Gasteiger partial charge < -0.3 is 9.64 Å². The number of aromatic nitrogens is 2. The molecule has 1 atom stereocenters. The predicted octanol–water partition coefficient (Wildman–Crippen LogP) is 1.83. The van der Waals surface area contributed by atoms with Gasteiger partial charge in [-0.15, -0.1) is 0 Å². The van der Waals surface area contributed by atoms with Gasteiger partial charge in [0.2, 0.25) is 0 Å². The van der Waals surface area contributed by atoms with Crippen molar-refractivity contribution in [1.82, 2.24) is 14.7 Å². The second-order valence-corrected chi connectivity index (χ2v) is 6.37. The first-order valence-corrected chi connectivity index (χ1v) is 7.00. The number of carbonyl (C=O) groups excluding carboxylic acids is 1. The van der Waals surface area contributed by atoms with Gasteiger partial charge in [-0.1, -0.05) is 0 Å². The van der Waals surface area contributed by atoms with E-state index >= 15 is 0 Å². The molecule has 0 unspecified atom stereocenters. The quantitative estimate of drug-likeness (QED) is 0.854. The number of H-pyrrole nitrogens is 1. The molecule has 1 aliphatic rings. The molecule has 1 aliphatic heterocycles. The minimum Gasteiger partial charge on any atom is -0.444 e. The molecule has 0 aromatic carbocycles. The van der Waals surface area contributed by atoms with Gasteiger partial charge in [-0.05, 0) is 33.6 Å². The summed E-state index contributed by atoms with van der Waals surface area (Å²) < 4.78 is 6.86. The van der Waals surface area contributed by atoms with Crippen molar-refractivity contribution < 1.29 is 9.53 Å². The molecular formula is C14H23N3O3. The maximum atomic E-state index is 12.1. The molecule has 0 saturated carbocycles. The molecule has 1 saturated heterocycles. The van der Waals surface area contributed by atoms with E-state index in [4.69, 9.17) is 4.74 Å². The Morgan fingerprint density at radius 1 is 1.45 bits per heavy atom. The first-order valence-electron chi connectivity index (χ1n) is 7.00. The average molecular weight is 281 g/mol. The number of aryl methyl sites for hydroxylation is 1. The number of aromatic amines is 1. The second-order valence-electron chi connectivity index (χ2n) is 6.37. The summed E-state index contributed by atoms with van der Waals surface area (Å²) in [5, 5.41) is 3.05. The topological polar surface area (TPSA) is 67.3 Å². The SMILES string of the molecule is Cn1[nH]c([C@H]2CCCN(C(=O)OC(C)(C)C)C2)cc1=O. The van der Waals surface area contributed by atoms with Crippen LogP contribution in [0.5, 0.6) is 0 Å². The molecule has 20 heavy (non-hydrogen) atoms. The van der Waals surface area contributed by atoms with Crippen LogP contribution < -0.4 is 5.56 Å². The van der Waals surface area contributed by atoms with Crippen molar-refractivity contribution in [3.8, 4) is 0 Å². The van der Waals surface area contributed by atoms with Crippen LogP contribution in [0.3, 0.4) is 0 Å². The van der Waals surface area contributed by atoms with E-state index in [1.807, 2.05) is 20.8 Å². The molecule has 6 heteroatoms. The maximum Gasteiger partial charge on any atom is 0.410 e. The van der Waals surface area contributed by atoms with Crippen LogP contribution in [-0.2, 0) is 11.8 Å². The standard InChI is InChI=1S/C14H23N3O3/c1-14(2,3)20-13(19)17-7-5-6-10(9-17)11-8-12(18)16(4)15-11/h8,10,15H,5-7,9H2,1-4H3/t10-/m0/s1. The molecule has 1 aromatic rings. The molecule has 1 amide bonds. The molecule has 6 nitrogen and oxygen atoms in total. The van der Waals surface area contributed by atoms with Gasteiger partial charge in [-0.3, -0.25) is 14.6 Å². The van der Waals surface area contributed by atoms with Crippen LogP contribution in [0.25, 0.3) is 0 Å². The highest BCUT2D eigenvalue weighted by molar-refractivity contribution is 5.68. The highest BCUT2D eigenvalue weighted by atomic mass is 16.6. The van der Waals surface area contributed by atoms with Crippen LogP contribution in [0.4, 0.5) is 4.79 Å². The lowest BCUT2D eigenvalue weighted by Crippen LogP contribution is -2.42. The molecule has 0 aliphatic carbocycles. The van der Waals surface area contributed by atoms with Crippen molar-refractivity contribution in [2.45, 2.75) is 45.1 Å². The Labute approximate surface area is 118 Å². The Kier molecular flexibility index (Phi) is 3.92. The summed E-state index contributed by atoms with van der Waals surface area (Å²) in [5.74, 6) is 0.171. The number of nitrogens with zero attached hydrogens (tertiary/aromatic N) is 2. The molecule has 1 aromatic heterocycles. The fraction of sp³-hybridized carbons (Fsp3) is 0.714. The normalized spacial score (nSPS) is 20.0. The van der Waals surface area contributed by atoms with Crippen LogP contribution >= 0.6 is 0 Å². The highest BCUT2D eigenvalue weighted by Gasteiger charge is 2.29. The third-order valence-corrected chi connectivity index (χ3v) is 3.42. The van der Waals surface area contributed by atoms with Crippen LogP contribution in [0, 0.1) is 0 Å². The zero-order valence-electron chi connectivity index (χ0n) is 12.6. The minimum atomic E-state index is -0.481. The van der Waals surface area contributed by atoms with Gasteiger partial charge in [0.05, 0.1) is 0 Å². The number of nitrogens with one attached hydrogen (secondary N) is 1. The van der Waals surface area contributed by atoms with Crippen LogP contribution in [0.1, 0.15) is 45.2 Å². The maximum absolute atomic E-state index is 12.1. The van der Waals surface area contributed by atoms with Crippen molar-refractivity contribution in [2.75, 3.05) is 13.1 Å². The number of amides is 1. The number of rotatable bonds is 1. The third kappa shape index (κ3) is 3.43. The lowest BCUT2D eigenvalue weighted by atomic mass is 9.95. The summed E-state index contributed by atoms with van der Waals surface area (Å²) in [6.07, 6.45) is 1.61. The number of hydrogen-bond acceptors (Lipinski definition) is 3. The third-order valence-electron chi connectivity index (χ3n) is 3.42. The van der Waals surface area contributed by atoms with Crippen LogP contribution in [0.2, 0.25) is 0 Å². The molecule has 2 rings (SSSR count). The fourth-order valence-corrected chi connectivity index (χ4v) is 2.44. The Bertz CT molecular complexity index is 539. The van der Waals surface area contributed by atoms with Crippen molar-refractivity contribution in [2.24, 2.45) is 7.05 Å². The zero-order valence-corrected chi connectivity index (χ0v) is 12.6. The molecule has 112 valence electrons. The molecule has 2 heterocycles. The van der Waals surface area contributed by atoms with Gasteiger partial charge in [0.15, 0.2) is 0 Å². The van der Waals surface area contributed by atoms with Gasteiger partial charge >= 0.3 is 6.09 Å². The predicted molar refractivity (Wildman–Crippen MR) is 75.8 cm³/mol. The molecule has 1 N–H and O–H groups in total. The van der Waals surface area contributed by atoms with Gasteiger partial charge in [0.1, 0.15) is 5.60 Å². The van der Waals surface area contributed by atoms with E-state index in [1.165, 1.54) is 4.68 Å². The monoisotopic (exact) mass is 281 g/mol. The Balaban J connectivity index is 2.05. The van der Waals surface area contributed by atoms with Crippen molar-refractivity contribution >= 4 is 6.09 Å². The summed E-state index contributed by atoms with van der Waals surface area (Å²) in [6.45, 7) is 6.89. The van der Waals surface area contributed by atoms with Crippen molar-refractivity contribution in [3.63, 3.8) is 0 Å². The van der Waals surface area contributed by atoms with E-state index in [9.17, 15) is 9.59 Å². The van der Waals surface area contributed by atoms with Crippen molar-refractivity contribution in [3.05, 3.63) is 22.1 Å². The molecule has 0 radical (unpaired) electrons. The summed E-state index contributed by atoms with van der Waals surface area (Å²) in [7, 11) is 1.69. The number of hydrogen-bond donors (Lipinski definition) is 1. The highest BCUT2D eigenvalue weighted by Crippen LogP contribution is 2.26. The lowest BCUT2D eigenvalue weighted by Gasteiger charge is -2.33. The number of likely N-dealkylation sites (tertiary alicyclic amines) is 1. The number of piperidine rings is 1. The lowest BCUT2D eigenvalue weighted by molar-refractivity contribution is 0.0197. The average Bonchev–Trinajstić information content (AvgIpc) is 2.68. The van der Waals surface area contributed by atoms with E-state index in [2.05, 4.69) is 5.10 Å². The van der Waals surface area contributed by atoms with E-state index in [0.29, 0.717) is 13.1 Å². The van der Waals surface area contributed by atoms with Gasteiger partial charge in [-0.25, -0.2) is 4.79 Å².